The molecule has 6 heteroatoms. The van der Waals surface area contributed by atoms with Crippen LogP contribution in [0.4, 0.5) is 11.4 Å². The number of hydrogen-bond acceptors (Lipinski definition) is 5. The van der Waals surface area contributed by atoms with Gasteiger partial charge in [0, 0.05) is 5.69 Å². The van der Waals surface area contributed by atoms with Gasteiger partial charge in [0.2, 0.25) is 0 Å². The number of rotatable bonds is 8. The van der Waals surface area contributed by atoms with Crippen molar-refractivity contribution < 1.29 is 19.1 Å². The Balaban J connectivity index is 1.75. The molecule has 0 spiro atoms. The maximum atomic E-state index is 13.5. The molecule has 3 aromatic carbocycles. The van der Waals surface area contributed by atoms with Gasteiger partial charge in [0.15, 0.2) is 0 Å². The normalized spacial score (nSPS) is 13.5. The maximum Gasteiger partial charge on any atom is 0.282 e. The summed E-state index contributed by atoms with van der Waals surface area (Å²) in [5, 5.41) is 3.16. The highest BCUT2D eigenvalue weighted by atomic mass is 16.5. The predicted molar refractivity (Wildman–Crippen MR) is 129 cm³/mol. The van der Waals surface area contributed by atoms with Crippen LogP contribution in [0.1, 0.15) is 25.0 Å². The molecule has 0 unspecified atom stereocenters. The molecule has 4 rings (SSSR count). The zero-order valence-electron chi connectivity index (χ0n) is 18.9. The molecule has 0 bridgehead atoms. The molecule has 0 aromatic heterocycles. The standard InChI is InChI=1S/C27H26N2O4/c1-4-18-6-12-21(13-7-18)29-26(30)24(19-8-14-23(15-9-19)33-5-2)25(27(29)31)28-20-10-16-22(32-3)17-11-20/h6-17,28H,4-5H2,1-3H3. The van der Waals surface area contributed by atoms with E-state index in [1.165, 1.54) is 4.90 Å². The summed E-state index contributed by atoms with van der Waals surface area (Å²) in [6, 6.07) is 21.9. The van der Waals surface area contributed by atoms with Crippen molar-refractivity contribution in [2.45, 2.75) is 20.3 Å². The van der Waals surface area contributed by atoms with E-state index >= 15 is 0 Å². The SMILES string of the molecule is CCOc1ccc(C2=C(Nc3ccc(OC)cc3)C(=O)N(c3ccc(CC)cc3)C2=O)cc1. The van der Waals surface area contributed by atoms with Crippen LogP contribution in [-0.2, 0) is 16.0 Å². The average Bonchev–Trinajstić information content (AvgIpc) is 3.09. The molecule has 0 aliphatic carbocycles. The van der Waals surface area contributed by atoms with Gasteiger partial charge in [-0.05, 0) is 73.0 Å². The van der Waals surface area contributed by atoms with Gasteiger partial charge in [-0.1, -0.05) is 31.2 Å². The van der Waals surface area contributed by atoms with E-state index in [1.807, 2.05) is 19.1 Å². The molecule has 0 fully saturated rings. The van der Waals surface area contributed by atoms with Gasteiger partial charge < -0.3 is 14.8 Å². The molecule has 1 N–H and O–H groups in total. The Hall–Kier alpha value is -4.06. The molecule has 33 heavy (non-hydrogen) atoms. The van der Waals surface area contributed by atoms with Crippen molar-refractivity contribution >= 4 is 28.8 Å². The smallest absolute Gasteiger partial charge is 0.282 e. The lowest BCUT2D eigenvalue weighted by atomic mass is 10.0. The summed E-state index contributed by atoms with van der Waals surface area (Å²) in [5.41, 5.74) is 3.54. The van der Waals surface area contributed by atoms with Gasteiger partial charge in [-0.25, -0.2) is 4.90 Å². The predicted octanol–water partition coefficient (Wildman–Crippen LogP) is 5.05. The fourth-order valence-corrected chi connectivity index (χ4v) is 3.73. The zero-order chi connectivity index (χ0) is 23.4. The lowest BCUT2D eigenvalue weighted by molar-refractivity contribution is -0.120. The second kappa shape index (κ2) is 9.61. The number of imide groups is 1. The first-order chi connectivity index (χ1) is 16.0. The Morgan fingerprint density at radius 2 is 1.42 bits per heavy atom. The molecule has 1 aliphatic rings. The molecule has 0 saturated heterocycles. The first kappa shape index (κ1) is 22.1. The van der Waals surface area contributed by atoms with Crippen LogP contribution < -0.4 is 19.7 Å². The van der Waals surface area contributed by atoms with Crippen molar-refractivity contribution in [3.63, 3.8) is 0 Å². The largest absolute Gasteiger partial charge is 0.497 e. The van der Waals surface area contributed by atoms with E-state index in [9.17, 15) is 9.59 Å². The van der Waals surface area contributed by atoms with Crippen molar-refractivity contribution in [3.05, 3.63) is 89.6 Å². The quantitative estimate of drug-likeness (QED) is 0.494. The lowest BCUT2D eigenvalue weighted by Crippen LogP contribution is -2.32. The van der Waals surface area contributed by atoms with E-state index in [0.29, 0.717) is 40.6 Å². The Kier molecular flexibility index (Phi) is 6.45. The molecular weight excluding hydrogens is 416 g/mol. The van der Waals surface area contributed by atoms with Gasteiger partial charge in [-0.15, -0.1) is 0 Å². The fourth-order valence-electron chi connectivity index (χ4n) is 3.73. The second-order valence-electron chi connectivity index (χ2n) is 7.53. The lowest BCUT2D eigenvalue weighted by Gasteiger charge is -2.16. The highest BCUT2D eigenvalue weighted by Gasteiger charge is 2.40. The van der Waals surface area contributed by atoms with Crippen LogP contribution in [0.3, 0.4) is 0 Å². The van der Waals surface area contributed by atoms with Gasteiger partial charge in [0.05, 0.1) is 25.0 Å². The van der Waals surface area contributed by atoms with Crippen molar-refractivity contribution in [3.8, 4) is 11.5 Å². The third-order valence-electron chi connectivity index (χ3n) is 5.50. The Labute approximate surface area is 193 Å². The minimum Gasteiger partial charge on any atom is -0.497 e. The number of ether oxygens (including phenoxy) is 2. The van der Waals surface area contributed by atoms with Crippen LogP contribution >= 0.6 is 0 Å². The second-order valence-corrected chi connectivity index (χ2v) is 7.53. The number of carbonyl (C=O) groups excluding carboxylic acids is 2. The number of amides is 2. The molecular formula is C27H26N2O4. The van der Waals surface area contributed by atoms with E-state index in [2.05, 4.69) is 12.2 Å². The molecule has 1 aliphatic heterocycles. The fraction of sp³-hybridized carbons (Fsp3) is 0.185. The van der Waals surface area contributed by atoms with Crippen LogP contribution in [0.25, 0.3) is 5.57 Å². The monoisotopic (exact) mass is 442 g/mol. The molecule has 2 amide bonds. The van der Waals surface area contributed by atoms with Crippen LogP contribution in [0.15, 0.2) is 78.5 Å². The molecule has 3 aromatic rings. The first-order valence-electron chi connectivity index (χ1n) is 10.9. The topological polar surface area (TPSA) is 67.9 Å². The number of aryl methyl sites for hydroxylation is 1. The maximum absolute atomic E-state index is 13.5. The summed E-state index contributed by atoms with van der Waals surface area (Å²) in [6.45, 7) is 4.52. The third-order valence-corrected chi connectivity index (χ3v) is 5.50. The van der Waals surface area contributed by atoms with Crippen LogP contribution in [0.5, 0.6) is 11.5 Å². The summed E-state index contributed by atoms with van der Waals surface area (Å²) < 4.78 is 10.7. The average molecular weight is 443 g/mol. The van der Waals surface area contributed by atoms with E-state index in [1.54, 1.807) is 67.8 Å². The van der Waals surface area contributed by atoms with Crippen LogP contribution in [0.2, 0.25) is 0 Å². The molecule has 6 nitrogen and oxygen atoms in total. The molecule has 1 heterocycles. The first-order valence-corrected chi connectivity index (χ1v) is 10.9. The minimum absolute atomic E-state index is 0.230. The highest BCUT2D eigenvalue weighted by Crippen LogP contribution is 2.34. The number of nitrogens with one attached hydrogen (secondary N) is 1. The van der Waals surface area contributed by atoms with Gasteiger partial charge in [0.25, 0.3) is 11.8 Å². The summed E-state index contributed by atoms with van der Waals surface area (Å²) in [5.74, 6) is 0.636. The van der Waals surface area contributed by atoms with Crippen molar-refractivity contribution in [1.82, 2.24) is 0 Å². The van der Waals surface area contributed by atoms with E-state index in [4.69, 9.17) is 9.47 Å². The van der Waals surface area contributed by atoms with Gasteiger partial charge in [-0.3, -0.25) is 9.59 Å². The molecule has 168 valence electrons. The van der Waals surface area contributed by atoms with Crippen molar-refractivity contribution in [1.29, 1.82) is 0 Å². The summed E-state index contributed by atoms with van der Waals surface area (Å²) in [7, 11) is 1.59. The number of carbonyl (C=O) groups is 2. The molecule has 0 radical (unpaired) electrons. The van der Waals surface area contributed by atoms with Crippen LogP contribution in [0, 0.1) is 0 Å². The van der Waals surface area contributed by atoms with Crippen molar-refractivity contribution in [2.24, 2.45) is 0 Å². The van der Waals surface area contributed by atoms with E-state index < -0.39 is 5.91 Å². The van der Waals surface area contributed by atoms with Crippen molar-refractivity contribution in [2.75, 3.05) is 23.9 Å². The third kappa shape index (κ3) is 4.46. The Bertz CT molecular complexity index is 1180. The van der Waals surface area contributed by atoms with Gasteiger partial charge in [-0.2, -0.15) is 0 Å². The number of nitrogens with zero attached hydrogens (tertiary/aromatic N) is 1. The van der Waals surface area contributed by atoms with Gasteiger partial charge in [0.1, 0.15) is 17.2 Å². The Morgan fingerprint density at radius 1 is 0.788 bits per heavy atom. The Morgan fingerprint density at radius 3 is 2.00 bits per heavy atom. The highest BCUT2D eigenvalue weighted by molar-refractivity contribution is 6.46. The number of benzene rings is 3. The summed E-state index contributed by atoms with van der Waals surface area (Å²) >= 11 is 0. The van der Waals surface area contributed by atoms with Gasteiger partial charge >= 0.3 is 0 Å². The minimum atomic E-state index is -0.399. The van der Waals surface area contributed by atoms with E-state index in [-0.39, 0.29) is 11.6 Å². The van der Waals surface area contributed by atoms with E-state index in [0.717, 1.165) is 12.0 Å². The summed E-state index contributed by atoms with van der Waals surface area (Å²) in [6.07, 6.45) is 0.877. The number of hydrogen-bond donors (Lipinski definition) is 1. The molecule has 0 saturated carbocycles. The summed E-state index contributed by atoms with van der Waals surface area (Å²) in [4.78, 5) is 28.2. The molecule has 0 atom stereocenters. The zero-order valence-corrected chi connectivity index (χ0v) is 18.9. The van der Waals surface area contributed by atoms with Crippen LogP contribution in [-0.4, -0.2) is 25.5 Å². The number of methoxy groups -OCH3 is 1. The number of anilines is 2.